The van der Waals surface area contributed by atoms with E-state index >= 15 is 0 Å². The average Bonchev–Trinajstić information content (AvgIpc) is 3.24. The second kappa shape index (κ2) is 23.9. The van der Waals surface area contributed by atoms with E-state index in [1.54, 1.807) is 77.1 Å². The molecule has 2 unspecified atom stereocenters. The smallest absolute Gasteiger partial charge is 0.325 e. The molecular weight excluding hydrogens is 799 g/mol. The number of cyclic esters (lactones) is 1. The first-order valence-corrected chi connectivity index (χ1v) is 21.6. The summed E-state index contributed by atoms with van der Waals surface area (Å²) in [5, 5.41) is 41.3. The van der Waals surface area contributed by atoms with E-state index in [9.17, 15) is 44.1 Å². The number of amides is 4. The van der Waals surface area contributed by atoms with Gasteiger partial charge in [0.1, 0.15) is 35.8 Å². The second-order valence-corrected chi connectivity index (χ2v) is 16.8. The molecule has 340 valence electrons. The first-order valence-electron chi connectivity index (χ1n) is 21.6. The maximum Gasteiger partial charge on any atom is 0.325 e. The van der Waals surface area contributed by atoms with Gasteiger partial charge in [-0.1, -0.05) is 69.4 Å². The Hall–Kier alpha value is -5.16. The van der Waals surface area contributed by atoms with Crippen molar-refractivity contribution in [1.29, 1.82) is 0 Å². The third-order valence-electron chi connectivity index (χ3n) is 11.5. The van der Waals surface area contributed by atoms with Crippen molar-refractivity contribution in [2.24, 2.45) is 17.8 Å². The van der Waals surface area contributed by atoms with E-state index in [4.69, 9.17) is 9.57 Å². The molecule has 4 rings (SSSR count). The van der Waals surface area contributed by atoms with Crippen LogP contribution in [0.2, 0.25) is 0 Å². The van der Waals surface area contributed by atoms with E-state index in [1.165, 1.54) is 35.2 Å². The molecule has 1 aromatic carbocycles. The number of aliphatic hydroxyl groups is 2. The minimum atomic E-state index is -1.42. The van der Waals surface area contributed by atoms with Gasteiger partial charge in [-0.25, -0.2) is 10.5 Å². The maximum absolute atomic E-state index is 14.4. The molecule has 0 saturated carbocycles. The van der Waals surface area contributed by atoms with Gasteiger partial charge in [-0.15, -0.1) is 0 Å². The number of phenolic OH excluding ortho intramolecular Hbond substituents is 1. The van der Waals surface area contributed by atoms with Crippen molar-refractivity contribution in [1.82, 2.24) is 26.1 Å². The number of nitrogens with one attached hydrogen (secondary N) is 3. The van der Waals surface area contributed by atoms with Crippen LogP contribution in [0, 0.1) is 24.7 Å². The van der Waals surface area contributed by atoms with Crippen LogP contribution in [0.1, 0.15) is 90.7 Å². The number of hydroxylamine groups is 2. The molecule has 0 spiro atoms. The minimum Gasteiger partial charge on any atom is -0.508 e. The molecule has 2 saturated heterocycles. The molecule has 8 atom stereocenters. The molecule has 0 aliphatic carbocycles. The van der Waals surface area contributed by atoms with E-state index < -0.39 is 77.9 Å². The predicted molar refractivity (Wildman–Crippen MR) is 230 cm³/mol. The Morgan fingerprint density at radius 3 is 2.44 bits per heavy atom. The molecule has 3 heterocycles. The summed E-state index contributed by atoms with van der Waals surface area (Å²) in [6, 6.07) is 1.58. The van der Waals surface area contributed by atoms with Gasteiger partial charge in [0.2, 0.25) is 11.8 Å². The highest BCUT2D eigenvalue weighted by atomic mass is 16.7. The highest BCUT2D eigenvalue weighted by Crippen LogP contribution is 2.25. The van der Waals surface area contributed by atoms with E-state index in [-0.39, 0.29) is 49.7 Å². The number of phenols is 1. The quantitative estimate of drug-likeness (QED) is 0.120. The molecule has 0 radical (unpaired) electrons. The molecule has 62 heavy (non-hydrogen) atoms. The zero-order valence-electron chi connectivity index (χ0n) is 36.7. The number of Topliss-reactive ketones (excluding diaryl/α,β-unsaturated/α-hetero) is 1. The fourth-order valence-electron chi connectivity index (χ4n) is 7.39. The fourth-order valence-corrected chi connectivity index (χ4v) is 7.39. The van der Waals surface area contributed by atoms with Crippen LogP contribution in [0.25, 0.3) is 0 Å². The number of allylic oxidation sites excluding steroid dienone is 4. The van der Waals surface area contributed by atoms with Gasteiger partial charge < -0.3 is 35.5 Å². The van der Waals surface area contributed by atoms with E-state index in [1.807, 2.05) is 0 Å². The largest absolute Gasteiger partial charge is 0.508 e. The number of rotatable bonds is 9. The highest BCUT2D eigenvalue weighted by molar-refractivity contribution is 5.93. The predicted octanol–water partition coefficient (Wildman–Crippen LogP) is 3.19. The van der Waals surface area contributed by atoms with Gasteiger partial charge in [0.25, 0.3) is 11.8 Å². The Bertz CT molecular complexity index is 1870. The molecule has 6 N–H and O–H groups in total. The number of benzene rings is 1. The monoisotopic (exact) mass is 863 g/mol. The number of aromatic hydroxyl groups is 1. The van der Waals surface area contributed by atoms with Crippen molar-refractivity contribution in [3.8, 4) is 5.75 Å². The number of nitrogens with zero attached hydrogens (tertiary/aromatic N) is 2. The van der Waals surface area contributed by atoms with Gasteiger partial charge >= 0.3 is 5.97 Å². The summed E-state index contributed by atoms with van der Waals surface area (Å²) in [6.45, 7) is 11.0. The molecule has 3 aliphatic heterocycles. The molecule has 3 aliphatic rings. The second-order valence-electron chi connectivity index (χ2n) is 16.8. The lowest BCUT2D eigenvalue weighted by Gasteiger charge is -2.36. The van der Waals surface area contributed by atoms with Crippen LogP contribution in [0.5, 0.6) is 5.75 Å². The molecule has 4 amide bonds. The number of hydrazine groups is 1. The van der Waals surface area contributed by atoms with Crippen LogP contribution < -0.4 is 16.1 Å². The van der Waals surface area contributed by atoms with Crippen molar-refractivity contribution in [2.45, 2.75) is 129 Å². The highest BCUT2D eigenvalue weighted by Gasteiger charge is 2.38. The summed E-state index contributed by atoms with van der Waals surface area (Å²) < 4.78 is 6.06. The number of hydrogen-bond acceptors (Lipinski definition) is 12. The standard InChI is InChI=1S/C46H65N5O11/c1-28(2)41-44(58)47-36(26-33-21-19-29(3)38(54)27-33)45(59)50-23-13-15-35(49-50)46(60)62-39(30(4)14-12-18-40(55)51-24-10-11-25-61-51)17-9-7-8-16-37(53)32(6)42(56)34(43(57)48-41)22-20-31(5)52/h7-9,12,14,16,18-19,21,27-28,32,34-37,39,41-42,49,53-54,56H,10-11,13,15,17,20,22-26H2,1-6H3,(H,47,58)(H,48,57)/b9-7+,16-8+,18-12+,30-14+/t32-,34+,35?,36?,37-,39-,41-,42+/m0/s1. The molecule has 1 aromatic rings. The van der Waals surface area contributed by atoms with E-state index in [0.717, 1.165) is 12.8 Å². The van der Waals surface area contributed by atoms with Crippen LogP contribution in [-0.2, 0) is 44.8 Å². The molecule has 2 bridgehead atoms. The van der Waals surface area contributed by atoms with Gasteiger partial charge in [0, 0.05) is 44.3 Å². The SMILES string of the molecule is CC(=O)CC[C@H]1C(=O)N[C@@H](C(C)C)C(=O)NC(Cc2ccc(C)c(O)c2)C(=O)N2CCCC(N2)C(=O)O[C@H](/C(C)=C/C=C/C(=O)N2CCCCO2)C/C=C/C=C/[C@H](O)[C@H](C)[C@H]1O. The average molecular weight is 864 g/mol. The van der Waals surface area contributed by atoms with Crippen LogP contribution in [-0.4, -0.2) is 117 Å². The van der Waals surface area contributed by atoms with Crippen LogP contribution >= 0.6 is 0 Å². The Morgan fingerprint density at radius 1 is 1.00 bits per heavy atom. The summed E-state index contributed by atoms with van der Waals surface area (Å²) in [6.07, 6.45) is 10.1. The first kappa shape index (κ1) is 49.5. The van der Waals surface area contributed by atoms with Gasteiger partial charge in [-0.05, 0) is 81.6 Å². The third-order valence-corrected chi connectivity index (χ3v) is 11.5. The van der Waals surface area contributed by atoms with E-state index in [0.29, 0.717) is 42.7 Å². The van der Waals surface area contributed by atoms with Crippen molar-refractivity contribution < 1.29 is 53.7 Å². The summed E-state index contributed by atoms with van der Waals surface area (Å²) in [5.41, 5.74) is 4.78. The molecule has 16 nitrogen and oxygen atoms in total. The number of aliphatic hydroxyl groups excluding tert-OH is 2. The van der Waals surface area contributed by atoms with Gasteiger partial charge in [-0.2, -0.15) is 0 Å². The molecular formula is C46H65N5O11. The number of fused-ring (bicyclic) bond motifs is 2. The first-order chi connectivity index (χ1) is 29.5. The van der Waals surface area contributed by atoms with E-state index in [2.05, 4.69) is 16.1 Å². The van der Waals surface area contributed by atoms with Gasteiger partial charge in [0.15, 0.2) is 0 Å². The van der Waals surface area contributed by atoms with Gasteiger partial charge in [0.05, 0.1) is 24.7 Å². The number of hydrogen-bond donors (Lipinski definition) is 6. The van der Waals surface area contributed by atoms with Crippen molar-refractivity contribution >= 4 is 35.4 Å². The van der Waals surface area contributed by atoms with Gasteiger partial charge in [-0.3, -0.25) is 33.8 Å². The Labute approximate surface area is 364 Å². The molecule has 16 heteroatoms. The summed E-state index contributed by atoms with van der Waals surface area (Å²) in [7, 11) is 0. The zero-order valence-corrected chi connectivity index (χ0v) is 36.7. The lowest BCUT2D eigenvalue weighted by Crippen LogP contribution is -2.62. The Morgan fingerprint density at radius 2 is 1.76 bits per heavy atom. The Balaban J connectivity index is 1.71. The number of esters is 1. The van der Waals surface area contributed by atoms with Crippen LogP contribution in [0.3, 0.4) is 0 Å². The number of aryl methyl sites for hydroxylation is 1. The summed E-state index contributed by atoms with van der Waals surface area (Å²) in [4.78, 5) is 86.5. The molecule has 2 fully saturated rings. The van der Waals surface area contributed by atoms with Crippen LogP contribution in [0.15, 0.2) is 66.3 Å². The van der Waals surface area contributed by atoms with Crippen molar-refractivity contribution in [2.75, 3.05) is 19.7 Å². The Kier molecular flexibility index (Phi) is 19.1. The normalized spacial score (nSPS) is 29.0. The lowest BCUT2D eigenvalue weighted by atomic mass is 9.84. The van der Waals surface area contributed by atoms with Crippen molar-refractivity contribution in [3.63, 3.8) is 0 Å². The maximum atomic E-state index is 14.4. The summed E-state index contributed by atoms with van der Waals surface area (Å²) >= 11 is 0. The number of ether oxygens (including phenoxy) is 1. The minimum absolute atomic E-state index is 0.00256. The summed E-state index contributed by atoms with van der Waals surface area (Å²) in [5.74, 6) is -5.66. The van der Waals surface area contributed by atoms with Crippen molar-refractivity contribution in [3.05, 3.63) is 77.4 Å². The number of ketones is 1. The lowest BCUT2D eigenvalue weighted by molar-refractivity contribution is -0.191. The number of carbonyl (C=O) groups excluding carboxylic acids is 6. The zero-order chi connectivity index (χ0) is 45.5. The number of carbonyl (C=O) groups is 6. The fraction of sp³-hybridized carbons (Fsp3) is 0.565. The topological polar surface area (TPSA) is 224 Å². The van der Waals surface area contributed by atoms with Crippen LogP contribution in [0.4, 0.5) is 0 Å². The molecule has 0 aromatic heterocycles. The third kappa shape index (κ3) is 14.5.